The number of rotatable bonds is 11. The van der Waals surface area contributed by atoms with E-state index in [9.17, 15) is 13.2 Å². The first-order valence-electron chi connectivity index (χ1n) is 10.7. The highest BCUT2D eigenvalue weighted by molar-refractivity contribution is 7.92. The van der Waals surface area contributed by atoms with Crippen molar-refractivity contribution < 1.29 is 22.7 Å². The van der Waals surface area contributed by atoms with Crippen LogP contribution in [-0.2, 0) is 14.8 Å². The molecule has 0 heterocycles. The zero-order valence-corrected chi connectivity index (χ0v) is 19.3. The van der Waals surface area contributed by atoms with E-state index in [1.807, 2.05) is 24.3 Å². The van der Waals surface area contributed by atoms with Crippen molar-refractivity contribution in [3.8, 4) is 11.5 Å². The lowest BCUT2D eigenvalue weighted by atomic mass is 10.1. The molecule has 0 saturated heterocycles. The van der Waals surface area contributed by atoms with E-state index in [1.54, 1.807) is 73.7 Å². The first-order valence-corrected chi connectivity index (χ1v) is 12.2. The molecule has 0 atom stereocenters. The number of sulfonamides is 1. The fourth-order valence-corrected chi connectivity index (χ4v) is 4.04. The topological polar surface area (TPSA) is 81.7 Å². The number of nitrogens with one attached hydrogen (secondary N) is 1. The van der Waals surface area contributed by atoms with Gasteiger partial charge < -0.3 is 9.47 Å². The summed E-state index contributed by atoms with van der Waals surface area (Å²) >= 11 is 0. The summed E-state index contributed by atoms with van der Waals surface area (Å²) in [6.07, 6.45) is 5.80. The number of benzene rings is 3. The summed E-state index contributed by atoms with van der Waals surface area (Å²) in [5.74, 6) is 0.665. The minimum atomic E-state index is -3.62. The lowest BCUT2D eigenvalue weighted by molar-refractivity contribution is -0.134. The van der Waals surface area contributed by atoms with Crippen molar-refractivity contribution in [3.63, 3.8) is 0 Å². The van der Waals surface area contributed by atoms with E-state index in [0.717, 1.165) is 18.4 Å². The molecule has 3 aromatic rings. The zero-order chi connectivity index (χ0) is 23.5. The van der Waals surface area contributed by atoms with E-state index in [2.05, 4.69) is 4.72 Å². The molecule has 1 N–H and O–H groups in total. The van der Waals surface area contributed by atoms with Gasteiger partial charge in [-0.25, -0.2) is 8.42 Å². The normalized spacial score (nSPS) is 11.3. The van der Waals surface area contributed by atoms with Gasteiger partial charge in [0.1, 0.15) is 0 Å². The summed E-state index contributed by atoms with van der Waals surface area (Å²) in [6, 6.07) is 22.6. The Balaban J connectivity index is 1.49. The summed E-state index contributed by atoms with van der Waals surface area (Å²) in [5.41, 5.74) is 1.39. The van der Waals surface area contributed by atoms with Crippen LogP contribution in [0.25, 0.3) is 6.08 Å². The number of esters is 1. The van der Waals surface area contributed by atoms with Crippen molar-refractivity contribution in [2.45, 2.75) is 31.1 Å². The molecule has 0 bridgehead atoms. The Labute approximate surface area is 194 Å². The van der Waals surface area contributed by atoms with Crippen LogP contribution in [0.5, 0.6) is 11.5 Å². The number of anilines is 1. The molecule has 0 amide bonds. The standard InChI is InChI=1S/C26H27NO5S/c1-2-26(28)32-25-18-9-8-17-24(25)31-19-10-4-5-12-21-13-11-14-22(20-21)27-33(29,30)23-15-6-3-7-16-23/h3,5-9,11-18,20,27H,2,4,10,19H2,1H3/b12-5-. The Kier molecular flexibility index (Phi) is 8.66. The Morgan fingerprint density at radius 2 is 1.67 bits per heavy atom. The summed E-state index contributed by atoms with van der Waals surface area (Å²) in [4.78, 5) is 11.8. The van der Waals surface area contributed by atoms with E-state index in [0.29, 0.717) is 30.2 Å². The highest BCUT2D eigenvalue weighted by Gasteiger charge is 2.13. The molecule has 0 aliphatic rings. The average molecular weight is 466 g/mol. The molecule has 0 radical (unpaired) electrons. The first kappa shape index (κ1) is 24.1. The Morgan fingerprint density at radius 3 is 2.42 bits per heavy atom. The van der Waals surface area contributed by atoms with Gasteiger partial charge in [0.2, 0.25) is 0 Å². The molecule has 3 rings (SSSR count). The molecule has 6 nitrogen and oxygen atoms in total. The lowest BCUT2D eigenvalue weighted by Crippen LogP contribution is -2.12. The van der Waals surface area contributed by atoms with Crippen LogP contribution in [0.15, 0.2) is 89.8 Å². The minimum Gasteiger partial charge on any atom is -0.490 e. The molecular formula is C26H27NO5S. The smallest absolute Gasteiger partial charge is 0.311 e. The van der Waals surface area contributed by atoms with E-state index in [1.165, 1.54) is 0 Å². The number of ether oxygens (including phenoxy) is 2. The largest absolute Gasteiger partial charge is 0.490 e. The fourth-order valence-electron chi connectivity index (χ4n) is 2.97. The predicted molar refractivity (Wildman–Crippen MR) is 130 cm³/mol. The molecule has 0 fully saturated rings. The van der Waals surface area contributed by atoms with Gasteiger partial charge in [-0.3, -0.25) is 9.52 Å². The molecule has 7 heteroatoms. The molecule has 3 aromatic carbocycles. The van der Waals surface area contributed by atoms with E-state index in [-0.39, 0.29) is 10.9 Å². The third-order valence-electron chi connectivity index (χ3n) is 4.64. The van der Waals surface area contributed by atoms with Gasteiger partial charge in [-0.2, -0.15) is 0 Å². The number of hydrogen-bond acceptors (Lipinski definition) is 5. The summed E-state index contributed by atoms with van der Waals surface area (Å²) in [7, 11) is -3.62. The summed E-state index contributed by atoms with van der Waals surface area (Å²) < 4.78 is 38.6. The maximum absolute atomic E-state index is 12.5. The average Bonchev–Trinajstić information content (AvgIpc) is 2.82. The second-order valence-corrected chi connectivity index (χ2v) is 8.89. The second-order valence-electron chi connectivity index (χ2n) is 7.21. The van der Waals surface area contributed by atoms with Gasteiger partial charge in [0.05, 0.1) is 11.5 Å². The third-order valence-corrected chi connectivity index (χ3v) is 6.03. The maximum Gasteiger partial charge on any atom is 0.311 e. The summed E-state index contributed by atoms with van der Waals surface area (Å²) in [5, 5.41) is 0. The van der Waals surface area contributed by atoms with Crippen LogP contribution in [0, 0.1) is 0 Å². The Morgan fingerprint density at radius 1 is 0.939 bits per heavy atom. The number of allylic oxidation sites excluding steroid dienone is 1. The SMILES string of the molecule is CCC(=O)Oc1ccccc1OCCC/C=C\c1cccc(NS(=O)(=O)c2ccccc2)c1. The van der Waals surface area contributed by atoms with E-state index >= 15 is 0 Å². The molecular weight excluding hydrogens is 438 g/mol. The lowest BCUT2D eigenvalue weighted by Gasteiger charge is -2.10. The van der Waals surface area contributed by atoms with Gasteiger partial charge in [-0.05, 0) is 54.8 Å². The van der Waals surface area contributed by atoms with Gasteiger partial charge in [-0.15, -0.1) is 0 Å². The van der Waals surface area contributed by atoms with Crippen LogP contribution < -0.4 is 14.2 Å². The molecule has 0 unspecified atom stereocenters. The van der Waals surface area contributed by atoms with Gasteiger partial charge in [-0.1, -0.05) is 61.5 Å². The first-order chi connectivity index (χ1) is 16.0. The molecule has 172 valence electrons. The Bertz CT molecular complexity index is 1190. The Hall–Kier alpha value is -3.58. The number of unbranched alkanes of at least 4 members (excludes halogenated alkanes) is 1. The van der Waals surface area contributed by atoms with Crippen molar-refractivity contribution >= 4 is 27.8 Å². The van der Waals surface area contributed by atoms with Crippen molar-refractivity contribution in [1.29, 1.82) is 0 Å². The zero-order valence-electron chi connectivity index (χ0n) is 18.4. The number of para-hydroxylation sites is 2. The van der Waals surface area contributed by atoms with Crippen LogP contribution in [0.4, 0.5) is 5.69 Å². The molecule has 33 heavy (non-hydrogen) atoms. The van der Waals surface area contributed by atoms with Gasteiger partial charge in [0.15, 0.2) is 11.5 Å². The second kappa shape index (κ2) is 11.9. The van der Waals surface area contributed by atoms with Crippen LogP contribution in [0.3, 0.4) is 0 Å². The highest BCUT2D eigenvalue weighted by atomic mass is 32.2. The fraction of sp³-hybridized carbons (Fsp3) is 0.192. The van der Waals surface area contributed by atoms with Crippen LogP contribution in [-0.4, -0.2) is 21.0 Å². The maximum atomic E-state index is 12.5. The third kappa shape index (κ3) is 7.50. The molecule has 0 aliphatic heterocycles. The van der Waals surface area contributed by atoms with Crippen molar-refractivity contribution in [2.75, 3.05) is 11.3 Å². The summed E-state index contributed by atoms with van der Waals surface area (Å²) in [6.45, 7) is 2.22. The number of carbonyl (C=O) groups is 1. The molecule has 0 aromatic heterocycles. The minimum absolute atomic E-state index is 0.219. The highest BCUT2D eigenvalue weighted by Crippen LogP contribution is 2.27. The van der Waals surface area contributed by atoms with E-state index in [4.69, 9.17) is 9.47 Å². The molecule has 0 saturated carbocycles. The van der Waals surface area contributed by atoms with Gasteiger partial charge in [0.25, 0.3) is 10.0 Å². The van der Waals surface area contributed by atoms with Crippen molar-refractivity contribution in [3.05, 3.63) is 90.5 Å². The number of carbonyl (C=O) groups excluding carboxylic acids is 1. The van der Waals surface area contributed by atoms with Crippen LogP contribution >= 0.6 is 0 Å². The predicted octanol–water partition coefficient (Wildman–Crippen LogP) is 5.68. The number of hydrogen-bond donors (Lipinski definition) is 1. The van der Waals surface area contributed by atoms with Gasteiger partial charge >= 0.3 is 5.97 Å². The quantitative estimate of drug-likeness (QED) is 0.224. The molecule has 0 spiro atoms. The monoisotopic (exact) mass is 465 g/mol. The van der Waals surface area contributed by atoms with E-state index < -0.39 is 10.0 Å². The van der Waals surface area contributed by atoms with Crippen molar-refractivity contribution in [2.24, 2.45) is 0 Å². The molecule has 0 aliphatic carbocycles. The van der Waals surface area contributed by atoms with Crippen LogP contribution in [0.2, 0.25) is 0 Å². The van der Waals surface area contributed by atoms with Gasteiger partial charge in [0, 0.05) is 12.1 Å². The van der Waals surface area contributed by atoms with Crippen molar-refractivity contribution in [1.82, 2.24) is 0 Å². The van der Waals surface area contributed by atoms with Crippen LogP contribution in [0.1, 0.15) is 31.7 Å².